The minimum Gasteiger partial charge on any atom is -0.481 e. The molecule has 6 nitrogen and oxygen atoms in total. The van der Waals surface area contributed by atoms with Crippen molar-refractivity contribution in [2.45, 2.75) is 38.7 Å². The number of piperidine rings is 1. The highest BCUT2D eigenvalue weighted by Gasteiger charge is 2.27. The van der Waals surface area contributed by atoms with Gasteiger partial charge >= 0.3 is 5.97 Å². The Kier molecular flexibility index (Phi) is 7.14. The average molecular weight is 467 g/mol. The Hall–Kier alpha value is -3.12. The number of nitrogens with zero attached hydrogens (tertiary/aromatic N) is 2. The van der Waals surface area contributed by atoms with E-state index in [4.69, 9.17) is 21.4 Å². The molecule has 1 aromatic heterocycles. The van der Waals surface area contributed by atoms with E-state index < -0.39 is 12.1 Å². The summed E-state index contributed by atoms with van der Waals surface area (Å²) in [5.74, 6) is 0.132. The number of carbonyl (C=O) groups is 2. The predicted molar refractivity (Wildman–Crippen MR) is 128 cm³/mol. The summed E-state index contributed by atoms with van der Waals surface area (Å²) in [6.07, 6.45) is 3.64. The number of hydrogen-bond acceptors (Lipinski definition) is 4. The van der Waals surface area contributed by atoms with E-state index in [-0.39, 0.29) is 12.3 Å². The first-order valence-electron chi connectivity index (χ1n) is 11.2. The summed E-state index contributed by atoms with van der Waals surface area (Å²) in [5.41, 5.74) is 2.70. The molecule has 0 spiro atoms. The van der Waals surface area contributed by atoms with Crippen molar-refractivity contribution < 1.29 is 19.4 Å². The van der Waals surface area contributed by atoms with Gasteiger partial charge in [0.2, 0.25) is 0 Å². The third kappa shape index (κ3) is 5.45. The smallest absolute Gasteiger partial charge is 0.303 e. The number of carboxylic acids is 1. The number of aromatic nitrogens is 1. The first-order chi connectivity index (χ1) is 15.9. The van der Waals surface area contributed by atoms with Crippen molar-refractivity contribution in [1.29, 1.82) is 0 Å². The van der Waals surface area contributed by atoms with Gasteiger partial charge < -0.3 is 14.7 Å². The molecule has 7 heteroatoms. The van der Waals surface area contributed by atoms with Crippen LogP contribution in [0.25, 0.3) is 22.0 Å². The number of rotatable bonds is 7. The van der Waals surface area contributed by atoms with Gasteiger partial charge in [0.15, 0.2) is 6.10 Å². The first-order valence-corrected chi connectivity index (χ1v) is 11.6. The normalized spacial score (nSPS) is 15.4. The standard InChI is InChI=1S/C26H27ClN2O4/c1-17(26(32)29-14-11-18(12-15-29)6-9-25(30)31)33-19-7-8-22-20(10-13-28-24(22)16-19)21-4-2-3-5-23(21)27/h2-5,7-8,10,13,16-18H,6,9,11-12,14-15H2,1H3,(H,30,31)/t17-/m1/s1. The van der Waals surface area contributed by atoms with Crippen LogP contribution in [-0.4, -0.2) is 46.1 Å². The number of likely N-dealkylation sites (tertiary alicyclic amines) is 1. The van der Waals surface area contributed by atoms with Gasteiger partial charge in [-0.15, -0.1) is 0 Å². The average Bonchev–Trinajstić information content (AvgIpc) is 2.82. The second-order valence-electron chi connectivity index (χ2n) is 8.48. The molecule has 1 atom stereocenters. The molecule has 1 N–H and O–H groups in total. The lowest BCUT2D eigenvalue weighted by molar-refractivity contribution is -0.140. The molecule has 2 aromatic carbocycles. The lowest BCUT2D eigenvalue weighted by Crippen LogP contribution is -2.44. The fraction of sp³-hybridized carbons (Fsp3) is 0.346. The number of hydrogen-bond donors (Lipinski definition) is 1. The van der Waals surface area contributed by atoms with Gasteiger partial charge in [-0.1, -0.05) is 29.8 Å². The summed E-state index contributed by atoms with van der Waals surface area (Å²) in [6.45, 7) is 3.03. The highest BCUT2D eigenvalue weighted by Crippen LogP contribution is 2.34. The lowest BCUT2D eigenvalue weighted by Gasteiger charge is -2.33. The van der Waals surface area contributed by atoms with Crippen LogP contribution in [0.4, 0.5) is 0 Å². The molecule has 1 amide bonds. The van der Waals surface area contributed by atoms with Crippen LogP contribution < -0.4 is 4.74 Å². The molecule has 1 aliphatic rings. The molecule has 1 aliphatic heterocycles. The molecular weight excluding hydrogens is 440 g/mol. The molecule has 0 bridgehead atoms. The second-order valence-corrected chi connectivity index (χ2v) is 8.89. The van der Waals surface area contributed by atoms with Crippen LogP contribution in [0.3, 0.4) is 0 Å². The Morgan fingerprint density at radius 1 is 1.15 bits per heavy atom. The molecule has 33 heavy (non-hydrogen) atoms. The molecular formula is C26H27ClN2O4. The van der Waals surface area contributed by atoms with Crippen molar-refractivity contribution in [2.24, 2.45) is 5.92 Å². The van der Waals surface area contributed by atoms with Crippen LogP contribution >= 0.6 is 11.6 Å². The van der Waals surface area contributed by atoms with E-state index in [0.717, 1.165) is 34.9 Å². The monoisotopic (exact) mass is 466 g/mol. The third-order valence-corrected chi connectivity index (χ3v) is 6.56. The lowest BCUT2D eigenvalue weighted by atomic mass is 9.92. The third-order valence-electron chi connectivity index (χ3n) is 6.23. The van der Waals surface area contributed by atoms with Crippen molar-refractivity contribution in [1.82, 2.24) is 9.88 Å². The van der Waals surface area contributed by atoms with Gasteiger partial charge in [-0.2, -0.15) is 0 Å². The highest BCUT2D eigenvalue weighted by molar-refractivity contribution is 6.33. The maximum atomic E-state index is 12.9. The number of fused-ring (bicyclic) bond motifs is 1. The van der Waals surface area contributed by atoms with E-state index in [2.05, 4.69) is 4.98 Å². The molecule has 2 heterocycles. The van der Waals surface area contributed by atoms with Gasteiger partial charge in [0.05, 0.1) is 5.52 Å². The zero-order chi connectivity index (χ0) is 23.4. The minimum atomic E-state index is -0.764. The zero-order valence-corrected chi connectivity index (χ0v) is 19.3. The zero-order valence-electron chi connectivity index (χ0n) is 18.5. The van der Waals surface area contributed by atoms with Crippen LogP contribution in [0, 0.1) is 5.92 Å². The number of amides is 1. The maximum absolute atomic E-state index is 12.9. The Balaban J connectivity index is 1.42. The summed E-state index contributed by atoms with van der Waals surface area (Å²) in [4.78, 5) is 30.0. The van der Waals surface area contributed by atoms with E-state index in [1.807, 2.05) is 53.4 Å². The van der Waals surface area contributed by atoms with Gasteiger partial charge in [0.1, 0.15) is 5.75 Å². The van der Waals surface area contributed by atoms with Crippen LogP contribution in [0.2, 0.25) is 5.02 Å². The van der Waals surface area contributed by atoms with Crippen molar-refractivity contribution in [3.8, 4) is 16.9 Å². The number of carbonyl (C=O) groups excluding carboxylic acids is 1. The maximum Gasteiger partial charge on any atom is 0.303 e. The molecule has 1 saturated heterocycles. The van der Waals surface area contributed by atoms with Gasteiger partial charge in [-0.25, -0.2) is 0 Å². The fourth-order valence-corrected chi connectivity index (χ4v) is 4.63. The quantitative estimate of drug-likeness (QED) is 0.502. The van der Waals surface area contributed by atoms with Crippen molar-refractivity contribution >= 4 is 34.4 Å². The van der Waals surface area contributed by atoms with Crippen LogP contribution in [0.15, 0.2) is 54.7 Å². The second kappa shape index (κ2) is 10.2. The Bertz CT molecular complexity index is 1160. The number of ether oxygens (including phenoxy) is 1. The topological polar surface area (TPSA) is 79.7 Å². The summed E-state index contributed by atoms with van der Waals surface area (Å²) in [7, 11) is 0. The fourth-order valence-electron chi connectivity index (χ4n) is 4.40. The van der Waals surface area contributed by atoms with E-state index in [1.165, 1.54) is 0 Å². The number of halogens is 1. The van der Waals surface area contributed by atoms with Crippen LogP contribution in [0.5, 0.6) is 5.75 Å². The van der Waals surface area contributed by atoms with E-state index in [9.17, 15) is 9.59 Å². The van der Waals surface area contributed by atoms with E-state index in [0.29, 0.717) is 36.2 Å². The largest absolute Gasteiger partial charge is 0.481 e. The molecule has 0 unspecified atom stereocenters. The summed E-state index contributed by atoms with van der Waals surface area (Å²) < 4.78 is 5.98. The summed E-state index contributed by atoms with van der Waals surface area (Å²) in [6, 6.07) is 15.3. The van der Waals surface area contributed by atoms with Crippen molar-refractivity contribution in [3.63, 3.8) is 0 Å². The Morgan fingerprint density at radius 3 is 2.64 bits per heavy atom. The molecule has 0 aliphatic carbocycles. The number of aliphatic carboxylic acids is 1. The van der Waals surface area contributed by atoms with E-state index >= 15 is 0 Å². The molecule has 172 valence electrons. The minimum absolute atomic E-state index is 0.0513. The predicted octanol–water partition coefficient (Wildman–Crippen LogP) is 5.43. The number of pyridine rings is 1. The van der Waals surface area contributed by atoms with E-state index in [1.54, 1.807) is 13.1 Å². The Labute approximate surface area is 198 Å². The molecule has 3 aromatic rings. The molecule has 0 saturated carbocycles. The van der Waals surface area contributed by atoms with Gasteiger partial charge in [-0.3, -0.25) is 14.6 Å². The van der Waals surface area contributed by atoms with Gasteiger partial charge in [0, 0.05) is 47.7 Å². The summed E-state index contributed by atoms with van der Waals surface area (Å²) >= 11 is 6.39. The van der Waals surface area contributed by atoms with Gasteiger partial charge in [0.25, 0.3) is 5.91 Å². The number of carboxylic acid groups (broad SMARTS) is 1. The highest BCUT2D eigenvalue weighted by atomic mass is 35.5. The molecule has 4 rings (SSSR count). The molecule has 1 fully saturated rings. The SMILES string of the molecule is C[C@@H](Oc1ccc2c(-c3ccccc3Cl)ccnc2c1)C(=O)N1CCC(CCC(=O)O)CC1. The van der Waals surface area contributed by atoms with Crippen LogP contribution in [-0.2, 0) is 9.59 Å². The number of benzene rings is 2. The van der Waals surface area contributed by atoms with Crippen LogP contribution in [0.1, 0.15) is 32.6 Å². The summed E-state index contributed by atoms with van der Waals surface area (Å²) in [5, 5.41) is 10.5. The first kappa shape index (κ1) is 23.1. The van der Waals surface area contributed by atoms with Crippen molar-refractivity contribution in [3.05, 3.63) is 59.8 Å². The Morgan fingerprint density at radius 2 is 1.91 bits per heavy atom. The van der Waals surface area contributed by atoms with Crippen molar-refractivity contribution in [2.75, 3.05) is 13.1 Å². The van der Waals surface area contributed by atoms with Gasteiger partial charge in [-0.05, 0) is 61.9 Å². The molecule has 0 radical (unpaired) electrons.